The van der Waals surface area contributed by atoms with Crippen LogP contribution in [0, 0.1) is 5.92 Å². The van der Waals surface area contributed by atoms with Crippen LogP contribution in [0.3, 0.4) is 0 Å². The zero-order valence-corrected chi connectivity index (χ0v) is 17.5. The minimum atomic E-state index is -0.363. The second-order valence-electron chi connectivity index (χ2n) is 7.26. The highest BCUT2D eigenvalue weighted by Crippen LogP contribution is 2.41. The molecule has 0 bridgehead atoms. The van der Waals surface area contributed by atoms with E-state index in [1.165, 1.54) is 16.2 Å². The molecule has 7 heteroatoms. The third-order valence-electron chi connectivity index (χ3n) is 5.46. The van der Waals surface area contributed by atoms with Gasteiger partial charge in [0.05, 0.1) is 12.2 Å². The Morgan fingerprint density at radius 1 is 1.21 bits per heavy atom. The molecule has 2 aromatic rings. The number of amides is 1. The molecule has 29 heavy (non-hydrogen) atoms. The molecule has 0 radical (unpaired) electrons. The number of hydrogen-bond donors (Lipinski definition) is 1. The summed E-state index contributed by atoms with van der Waals surface area (Å²) in [4.78, 5) is 26.8. The van der Waals surface area contributed by atoms with E-state index in [2.05, 4.69) is 12.2 Å². The van der Waals surface area contributed by atoms with Gasteiger partial charge in [-0.25, -0.2) is 4.79 Å². The fourth-order valence-corrected chi connectivity index (χ4v) is 5.21. The van der Waals surface area contributed by atoms with Crippen LogP contribution in [0.25, 0.3) is 0 Å². The highest BCUT2D eigenvalue weighted by atomic mass is 32.1. The van der Waals surface area contributed by atoms with Crippen LogP contribution in [-0.2, 0) is 17.6 Å². The summed E-state index contributed by atoms with van der Waals surface area (Å²) in [6, 6.07) is 5.11. The molecule has 0 fully saturated rings. The van der Waals surface area contributed by atoms with Gasteiger partial charge in [-0.05, 0) is 55.9 Å². The maximum absolute atomic E-state index is 12.9. The second kappa shape index (κ2) is 8.45. The van der Waals surface area contributed by atoms with Gasteiger partial charge in [-0.15, -0.1) is 11.3 Å². The second-order valence-corrected chi connectivity index (χ2v) is 8.36. The lowest BCUT2D eigenvalue weighted by atomic mass is 9.85. The maximum Gasteiger partial charge on any atom is 0.341 e. The standard InChI is InChI=1S/C22H25NO5S/c1-3-13-5-7-15-18(11-13)29-21(19(15)22(25)26-4-2)23-20(24)14-6-8-16-17(12-14)28-10-9-27-16/h6,8,12-13H,3-5,7,9-11H2,1-2H3,(H,23,24). The Kier molecular flexibility index (Phi) is 5.76. The van der Waals surface area contributed by atoms with E-state index in [1.807, 2.05) is 0 Å². The summed E-state index contributed by atoms with van der Waals surface area (Å²) in [6.07, 6.45) is 3.97. The van der Waals surface area contributed by atoms with E-state index in [4.69, 9.17) is 14.2 Å². The van der Waals surface area contributed by atoms with E-state index in [0.717, 1.165) is 31.2 Å². The average molecular weight is 416 g/mol. The zero-order chi connectivity index (χ0) is 20.4. The van der Waals surface area contributed by atoms with Crippen LogP contribution in [-0.4, -0.2) is 31.7 Å². The highest BCUT2D eigenvalue weighted by molar-refractivity contribution is 7.17. The predicted octanol–water partition coefficient (Wildman–Crippen LogP) is 4.46. The molecule has 1 unspecified atom stereocenters. The Bertz CT molecular complexity index is 936. The fraction of sp³-hybridized carbons (Fsp3) is 0.455. The van der Waals surface area contributed by atoms with Crippen LogP contribution in [0.2, 0.25) is 0 Å². The topological polar surface area (TPSA) is 73.9 Å². The van der Waals surface area contributed by atoms with Gasteiger partial charge in [-0.1, -0.05) is 13.3 Å². The predicted molar refractivity (Wildman–Crippen MR) is 111 cm³/mol. The summed E-state index contributed by atoms with van der Waals surface area (Å²) in [5.41, 5.74) is 2.02. The number of esters is 1. The largest absolute Gasteiger partial charge is 0.486 e. The lowest BCUT2D eigenvalue weighted by Crippen LogP contribution is -2.18. The van der Waals surface area contributed by atoms with Gasteiger partial charge in [-0.3, -0.25) is 4.79 Å². The first kappa shape index (κ1) is 19.8. The molecule has 1 atom stereocenters. The van der Waals surface area contributed by atoms with Gasteiger partial charge in [-0.2, -0.15) is 0 Å². The Labute approximate surface area is 174 Å². The average Bonchev–Trinajstić information content (AvgIpc) is 3.10. The Balaban J connectivity index is 1.63. The molecule has 1 aliphatic heterocycles. The Morgan fingerprint density at radius 3 is 2.76 bits per heavy atom. The molecule has 2 heterocycles. The monoisotopic (exact) mass is 415 g/mol. The van der Waals surface area contributed by atoms with Crippen molar-refractivity contribution < 1.29 is 23.8 Å². The Hall–Kier alpha value is -2.54. The van der Waals surface area contributed by atoms with Crippen molar-refractivity contribution in [2.45, 2.75) is 39.5 Å². The van der Waals surface area contributed by atoms with E-state index in [9.17, 15) is 9.59 Å². The fourth-order valence-electron chi connectivity index (χ4n) is 3.87. The maximum atomic E-state index is 12.9. The van der Waals surface area contributed by atoms with Crippen molar-refractivity contribution in [3.63, 3.8) is 0 Å². The van der Waals surface area contributed by atoms with Crippen LogP contribution < -0.4 is 14.8 Å². The molecule has 1 amide bonds. The zero-order valence-electron chi connectivity index (χ0n) is 16.7. The molecule has 6 nitrogen and oxygen atoms in total. The van der Waals surface area contributed by atoms with Crippen molar-refractivity contribution >= 4 is 28.2 Å². The number of thiophene rings is 1. The van der Waals surface area contributed by atoms with E-state index in [-0.39, 0.29) is 11.9 Å². The van der Waals surface area contributed by atoms with Crippen molar-refractivity contribution in [1.82, 2.24) is 0 Å². The third kappa shape index (κ3) is 3.96. The summed E-state index contributed by atoms with van der Waals surface area (Å²) in [5, 5.41) is 3.52. The van der Waals surface area contributed by atoms with Gasteiger partial charge in [0.2, 0.25) is 0 Å². The van der Waals surface area contributed by atoms with Gasteiger partial charge in [0.15, 0.2) is 11.5 Å². The number of fused-ring (bicyclic) bond motifs is 2. The summed E-state index contributed by atoms with van der Waals surface area (Å²) >= 11 is 1.50. The highest BCUT2D eigenvalue weighted by Gasteiger charge is 2.30. The van der Waals surface area contributed by atoms with Crippen LogP contribution in [0.1, 0.15) is 57.8 Å². The van der Waals surface area contributed by atoms with E-state index in [1.54, 1.807) is 25.1 Å². The van der Waals surface area contributed by atoms with Gasteiger partial charge in [0, 0.05) is 10.4 Å². The van der Waals surface area contributed by atoms with Crippen LogP contribution in [0.4, 0.5) is 5.00 Å². The summed E-state index contributed by atoms with van der Waals surface area (Å²) in [7, 11) is 0. The number of benzene rings is 1. The summed E-state index contributed by atoms with van der Waals surface area (Å²) in [6.45, 7) is 5.25. The van der Waals surface area contributed by atoms with Crippen LogP contribution in [0.15, 0.2) is 18.2 Å². The number of carbonyl (C=O) groups excluding carboxylic acids is 2. The van der Waals surface area contributed by atoms with Crippen molar-refractivity contribution in [2.24, 2.45) is 5.92 Å². The van der Waals surface area contributed by atoms with Gasteiger partial charge < -0.3 is 19.5 Å². The van der Waals surface area contributed by atoms with Gasteiger partial charge in [0.25, 0.3) is 5.91 Å². The molecule has 1 aliphatic carbocycles. The number of carbonyl (C=O) groups is 2. The van der Waals surface area contributed by atoms with E-state index >= 15 is 0 Å². The third-order valence-corrected chi connectivity index (χ3v) is 6.63. The molecular formula is C22H25NO5S. The van der Waals surface area contributed by atoms with E-state index < -0.39 is 0 Å². The first-order valence-corrected chi connectivity index (χ1v) is 10.9. The molecule has 2 aliphatic rings. The molecular weight excluding hydrogens is 390 g/mol. The number of ether oxygens (including phenoxy) is 3. The van der Waals surface area contributed by atoms with Crippen molar-refractivity contribution in [2.75, 3.05) is 25.1 Å². The smallest absolute Gasteiger partial charge is 0.341 e. The van der Waals surface area contributed by atoms with Crippen molar-refractivity contribution in [3.05, 3.63) is 39.8 Å². The quantitative estimate of drug-likeness (QED) is 0.730. The van der Waals surface area contributed by atoms with Crippen molar-refractivity contribution in [3.8, 4) is 11.5 Å². The number of anilines is 1. The number of hydrogen-bond acceptors (Lipinski definition) is 6. The first-order valence-electron chi connectivity index (χ1n) is 10.1. The SMILES string of the molecule is CCOC(=O)c1c(NC(=O)c2ccc3c(c2)OCCO3)sc2c1CCC(CC)C2. The van der Waals surface area contributed by atoms with Crippen LogP contribution in [0.5, 0.6) is 11.5 Å². The van der Waals surface area contributed by atoms with Crippen molar-refractivity contribution in [1.29, 1.82) is 0 Å². The van der Waals surface area contributed by atoms with E-state index in [0.29, 0.717) is 53.4 Å². The first-order chi connectivity index (χ1) is 14.1. The van der Waals surface area contributed by atoms with Gasteiger partial charge >= 0.3 is 5.97 Å². The summed E-state index contributed by atoms with van der Waals surface area (Å²) < 4.78 is 16.4. The number of rotatable bonds is 5. The summed E-state index contributed by atoms with van der Waals surface area (Å²) in [5.74, 6) is 1.18. The molecule has 154 valence electrons. The number of nitrogens with one attached hydrogen (secondary N) is 1. The molecule has 1 N–H and O–H groups in total. The van der Waals surface area contributed by atoms with Gasteiger partial charge in [0.1, 0.15) is 18.2 Å². The van der Waals surface area contributed by atoms with Crippen LogP contribution >= 0.6 is 11.3 Å². The molecule has 0 spiro atoms. The minimum absolute atomic E-state index is 0.279. The lowest BCUT2D eigenvalue weighted by molar-refractivity contribution is 0.0526. The molecule has 4 rings (SSSR count). The minimum Gasteiger partial charge on any atom is -0.486 e. The lowest BCUT2D eigenvalue weighted by Gasteiger charge is -2.21. The Morgan fingerprint density at radius 2 is 2.00 bits per heavy atom. The normalized spacial score (nSPS) is 17.4. The molecule has 0 saturated heterocycles. The molecule has 0 saturated carbocycles. The molecule has 1 aromatic carbocycles. The molecule has 1 aromatic heterocycles.